The zero-order valence-corrected chi connectivity index (χ0v) is 36.8. The fourth-order valence-electron chi connectivity index (χ4n) is 10.6. The number of nitrogens with zero attached hydrogens (tertiary/aromatic N) is 5. The van der Waals surface area contributed by atoms with Crippen LogP contribution in [0, 0.1) is 0 Å². The average Bonchev–Trinajstić information content (AvgIpc) is 3.93. The number of hydrogen-bond donors (Lipinski definition) is 0. The van der Waals surface area contributed by atoms with Crippen molar-refractivity contribution in [2.75, 3.05) is 0 Å². The van der Waals surface area contributed by atoms with Crippen LogP contribution in [0.3, 0.4) is 0 Å². The Morgan fingerprint density at radius 1 is 0.206 bits per heavy atom. The van der Waals surface area contributed by atoms with E-state index in [2.05, 4.69) is 228 Å². The molecule has 14 rings (SSSR count). The zero-order valence-electron chi connectivity index (χ0n) is 36.8. The summed E-state index contributed by atoms with van der Waals surface area (Å²) in [4.78, 5) is 15.9. The molecular formula is C63H39N5. The summed E-state index contributed by atoms with van der Waals surface area (Å²) in [5.74, 6) is 1.84. The second kappa shape index (κ2) is 15.2. The first-order valence-corrected chi connectivity index (χ1v) is 23.1. The first-order valence-electron chi connectivity index (χ1n) is 23.1. The first kappa shape index (κ1) is 38.1. The number of rotatable bonds is 6. The van der Waals surface area contributed by atoms with E-state index in [0.717, 1.165) is 50.2 Å². The van der Waals surface area contributed by atoms with Crippen LogP contribution in [0.25, 0.3) is 133 Å². The summed E-state index contributed by atoms with van der Waals surface area (Å²) in [7, 11) is 0. The number of para-hydroxylation sites is 3. The van der Waals surface area contributed by atoms with E-state index < -0.39 is 0 Å². The summed E-state index contributed by atoms with van der Waals surface area (Å²) in [6, 6.07) is 84.7. The van der Waals surface area contributed by atoms with Crippen LogP contribution in [0.5, 0.6) is 0 Å². The van der Waals surface area contributed by atoms with Gasteiger partial charge in [-0.2, -0.15) is 0 Å². The monoisotopic (exact) mass is 865 g/mol. The molecule has 0 aliphatic heterocycles. The fraction of sp³-hybridized carbons (Fsp3) is 0. The Kier molecular flexibility index (Phi) is 8.52. The van der Waals surface area contributed by atoms with Crippen molar-refractivity contribution in [3.8, 4) is 56.7 Å². The highest BCUT2D eigenvalue weighted by molar-refractivity contribution is 6.25. The third-order valence-corrected chi connectivity index (χ3v) is 13.7. The molecule has 3 heterocycles. The maximum absolute atomic E-state index is 5.40. The van der Waals surface area contributed by atoms with Gasteiger partial charge in [-0.05, 0) is 98.0 Å². The van der Waals surface area contributed by atoms with E-state index in [1.165, 1.54) is 64.9 Å². The molecule has 5 nitrogen and oxygen atoms in total. The van der Waals surface area contributed by atoms with Crippen LogP contribution in [0.2, 0.25) is 0 Å². The van der Waals surface area contributed by atoms with Gasteiger partial charge in [0, 0.05) is 49.6 Å². The third kappa shape index (κ3) is 5.99. The molecule has 0 fully saturated rings. The third-order valence-electron chi connectivity index (χ3n) is 13.7. The highest BCUT2D eigenvalue weighted by Crippen LogP contribution is 2.41. The zero-order chi connectivity index (χ0) is 44.7. The van der Waals surface area contributed by atoms with Gasteiger partial charge in [0.25, 0.3) is 0 Å². The Labute approximate surface area is 391 Å². The van der Waals surface area contributed by atoms with Gasteiger partial charge in [0.05, 0.1) is 22.1 Å². The number of fused-ring (bicyclic) bond motifs is 12. The van der Waals surface area contributed by atoms with Gasteiger partial charge in [0.1, 0.15) is 0 Å². The van der Waals surface area contributed by atoms with E-state index >= 15 is 0 Å². The van der Waals surface area contributed by atoms with Crippen molar-refractivity contribution in [3.05, 3.63) is 237 Å². The summed E-state index contributed by atoms with van der Waals surface area (Å²) in [5, 5.41) is 12.1. The molecule has 3 aromatic heterocycles. The Morgan fingerprint density at radius 2 is 0.603 bits per heavy atom. The van der Waals surface area contributed by atoms with Gasteiger partial charge >= 0.3 is 0 Å². The van der Waals surface area contributed by atoms with Gasteiger partial charge in [0.2, 0.25) is 0 Å². The van der Waals surface area contributed by atoms with Crippen molar-refractivity contribution in [1.82, 2.24) is 24.1 Å². The van der Waals surface area contributed by atoms with Gasteiger partial charge in [-0.1, -0.05) is 182 Å². The molecule has 0 bridgehead atoms. The molecule has 0 unspecified atom stereocenters. The van der Waals surface area contributed by atoms with Gasteiger partial charge in [-0.15, -0.1) is 0 Å². The summed E-state index contributed by atoms with van der Waals surface area (Å²) >= 11 is 0. The summed E-state index contributed by atoms with van der Waals surface area (Å²) < 4.78 is 4.81. The Hall–Kier alpha value is -9.19. The minimum atomic E-state index is 0.600. The van der Waals surface area contributed by atoms with Crippen molar-refractivity contribution in [2.24, 2.45) is 0 Å². The lowest BCUT2D eigenvalue weighted by Crippen LogP contribution is -2.02. The molecule has 0 radical (unpaired) electrons. The Bertz CT molecular complexity index is 4230. The predicted octanol–water partition coefficient (Wildman–Crippen LogP) is 16.2. The van der Waals surface area contributed by atoms with Crippen molar-refractivity contribution in [2.45, 2.75) is 0 Å². The van der Waals surface area contributed by atoms with Crippen molar-refractivity contribution in [3.63, 3.8) is 0 Å². The molecule has 5 heteroatoms. The van der Waals surface area contributed by atoms with Crippen LogP contribution in [0.1, 0.15) is 0 Å². The second-order valence-electron chi connectivity index (χ2n) is 17.6. The molecule has 0 aliphatic carbocycles. The standard InChI is InChI=1S/C63H39N5/c1-3-17-40(18-4-1)43-35-44(37-46(36-43)68-59-30-16-13-27-54(59)55-34-32-45(39-60(55)68)67-57-28-14-11-25-52(57)53-26-12-15-29-58(53)67)63-65-61(41-19-5-2-6-20-41)64-62(66-63)42-31-33-51-49-23-8-7-21-47(49)48-22-9-10-24-50(48)56(51)38-42/h1-39H. The summed E-state index contributed by atoms with van der Waals surface area (Å²) in [6.07, 6.45) is 0. The lowest BCUT2D eigenvalue weighted by molar-refractivity contribution is 1.07. The van der Waals surface area contributed by atoms with Crippen LogP contribution < -0.4 is 0 Å². The molecule has 14 aromatic rings. The van der Waals surface area contributed by atoms with Crippen LogP contribution in [0.15, 0.2) is 237 Å². The van der Waals surface area contributed by atoms with Gasteiger partial charge in [-0.3, -0.25) is 0 Å². The molecule has 0 saturated heterocycles. The smallest absolute Gasteiger partial charge is 0.164 e. The largest absolute Gasteiger partial charge is 0.309 e. The Balaban J connectivity index is 1.02. The maximum Gasteiger partial charge on any atom is 0.164 e. The van der Waals surface area contributed by atoms with Crippen LogP contribution in [-0.2, 0) is 0 Å². The maximum atomic E-state index is 5.40. The predicted molar refractivity (Wildman–Crippen MR) is 283 cm³/mol. The molecule has 316 valence electrons. The van der Waals surface area contributed by atoms with E-state index in [4.69, 9.17) is 15.0 Å². The molecule has 0 spiro atoms. The molecule has 0 atom stereocenters. The summed E-state index contributed by atoms with van der Waals surface area (Å²) in [5.41, 5.74) is 11.6. The van der Waals surface area contributed by atoms with Crippen LogP contribution in [-0.4, -0.2) is 24.1 Å². The topological polar surface area (TPSA) is 48.5 Å². The van der Waals surface area contributed by atoms with Crippen molar-refractivity contribution < 1.29 is 0 Å². The van der Waals surface area contributed by atoms with E-state index in [9.17, 15) is 0 Å². The molecule has 0 N–H and O–H groups in total. The van der Waals surface area contributed by atoms with Gasteiger partial charge in [0.15, 0.2) is 17.5 Å². The van der Waals surface area contributed by atoms with E-state index in [0.29, 0.717) is 17.5 Å². The van der Waals surface area contributed by atoms with Crippen molar-refractivity contribution >= 4 is 75.9 Å². The highest BCUT2D eigenvalue weighted by atomic mass is 15.0. The minimum absolute atomic E-state index is 0.600. The lowest BCUT2D eigenvalue weighted by atomic mass is 9.93. The molecule has 0 amide bonds. The van der Waals surface area contributed by atoms with E-state index in [1.54, 1.807) is 0 Å². The first-order chi connectivity index (χ1) is 33.7. The molecular weight excluding hydrogens is 827 g/mol. The average molecular weight is 866 g/mol. The molecule has 0 saturated carbocycles. The molecule has 11 aromatic carbocycles. The van der Waals surface area contributed by atoms with Gasteiger partial charge < -0.3 is 9.13 Å². The van der Waals surface area contributed by atoms with Crippen molar-refractivity contribution in [1.29, 1.82) is 0 Å². The normalized spacial score (nSPS) is 11.8. The lowest BCUT2D eigenvalue weighted by Gasteiger charge is -2.15. The van der Waals surface area contributed by atoms with Gasteiger partial charge in [-0.25, -0.2) is 15.0 Å². The van der Waals surface area contributed by atoms with Crippen LogP contribution in [0.4, 0.5) is 0 Å². The van der Waals surface area contributed by atoms with E-state index in [-0.39, 0.29) is 0 Å². The molecule has 0 aliphatic rings. The SMILES string of the molecule is c1ccc(-c2cc(-c3nc(-c4ccccc4)nc(-c4ccc5c6ccccc6c6ccccc6c5c4)n3)cc(-n3c4ccccc4c4ccc(-n5c6ccccc6c6ccccc65)cc43)c2)cc1. The Morgan fingerprint density at radius 3 is 1.18 bits per heavy atom. The number of aromatic nitrogens is 5. The number of benzene rings is 11. The fourth-order valence-corrected chi connectivity index (χ4v) is 10.6. The second-order valence-corrected chi connectivity index (χ2v) is 17.6. The number of hydrogen-bond acceptors (Lipinski definition) is 3. The highest BCUT2D eigenvalue weighted by Gasteiger charge is 2.20. The molecule has 68 heavy (non-hydrogen) atoms. The quantitative estimate of drug-likeness (QED) is 0.156. The summed E-state index contributed by atoms with van der Waals surface area (Å²) in [6.45, 7) is 0. The van der Waals surface area contributed by atoms with E-state index in [1.807, 2.05) is 18.2 Å². The minimum Gasteiger partial charge on any atom is -0.309 e. The van der Waals surface area contributed by atoms with Crippen LogP contribution >= 0.6 is 0 Å².